The first-order chi connectivity index (χ1) is 48.3. The van der Waals surface area contributed by atoms with Crippen LogP contribution in [0.5, 0.6) is 34.5 Å². The molecule has 0 heterocycles. The monoisotopic (exact) mass is 1330 g/mol. The number of fused-ring (bicyclic) bond motifs is 8. The van der Waals surface area contributed by atoms with Crippen molar-refractivity contribution in [3.63, 3.8) is 0 Å². The van der Waals surface area contributed by atoms with Crippen LogP contribution in [0.4, 0.5) is 0 Å². The Kier molecular flexibility index (Phi) is 15.9. The number of ether oxygens (including phenoxy) is 4. The standard InChI is InChI=1S/C26H32O2.2C24H28O.C20H20O2/c1-14-10-22-20(16(3)15(14)2)11-18-8-7-9-19-12-21-23(26(18,19)22)13-24(27-5)17(4)25(21)28-6;2*1-14-8-9-16(3)22-19(14)12-17-6-5-7-18-13-20-15(2)10-11-21(25-4)23(20)24(17,18)22;21-16-8-1-4-12-10-14-6-3-7-15-11-13-5-2-9-17(22)19(13)20(14,15)18(12)16/h10,13,18-19H,7-9,11-12H2,1-6H3;2*8-11,17-18H,5-7,12-13H2,1-4H3;1-2,4-5,8-9,14-15,21-22H,3,6-7,10-11H2/t18-,19-,26?;2*17-,18-,24?;14-,15-,20?/m0000/s1. The third kappa shape index (κ3) is 8.72. The van der Waals surface area contributed by atoms with Crippen molar-refractivity contribution in [2.75, 3.05) is 28.4 Å². The van der Waals surface area contributed by atoms with E-state index in [2.05, 4.69) is 142 Å². The van der Waals surface area contributed by atoms with Gasteiger partial charge in [0.05, 0.1) is 28.4 Å². The van der Waals surface area contributed by atoms with Crippen molar-refractivity contribution in [2.24, 2.45) is 47.3 Å². The van der Waals surface area contributed by atoms with Crippen molar-refractivity contribution in [2.45, 2.75) is 219 Å². The number of phenols is 2. The molecular weight excluding hydrogens is 1230 g/mol. The molecule has 0 aromatic heterocycles. The maximum Gasteiger partial charge on any atom is 0.128 e. The Labute approximate surface area is 597 Å². The van der Waals surface area contributed by atoms with Crippen LogP contribution < -0.4 is 18.9 Å². The van der Waals surface area contributed by atoms with Gasteiger partial charge in [0.1, 0.15) is 34.5 Å². The van der Waals surface area contributed by atoms with Gasteiger partial charge in [0, 0.05) is 49.5 Å². The summed E-state index contributed by atoms with van der Waals surface area (Å²) in [4.78, 5) is 0. The van der Waals surface area contributed by atoms with Crippen molar-refractivity contribution in [3.8, 4) is 34.5 Å². The summed E-state index contributed by atoms with van der Waals surface area (Å²) in [6.45, 7) is 22.9. The SMILES string of the molecule is COc1cc2c(c(OC)c1C)C[C@@H]1CCC[C@H]3Cc4c(cc(C)c(C)c4C)C231.COc1ccc(C)c2c1C13c4c(C)ccc(C)c4C[C@@H]1CCC[C@H]3C2.COc1ccc(C)c2c1C13c4c(C)ccc(C)c4C[C@@H]1CCC[C@H]3C2.Oc1cccc2c1C13c4c(O)cccc4C[C@@H]1CCC[C@H]3C2. The molecule has 0 saturated heterocycles. The summed E-state index contributed by atoms with van der Waals surface area (Å²) in [5.41, 5.74) is 38.8. The van der Waals surface area contributed by atoms with E-state index in [9.17, 15) is 10.2 Å². The zero-order chi connectivity index (χ0) is 69.4. The molecule has 4 spiro atoms. The van der Waals surface area contributed by atoms with Crippen LogP contribution in [0.1, 0.15) is 222 Å². The maximum absolute atomic E-state index is 10.6. The summed E-state index contributed by atoms with van der Waals surface area (Å²) in [7, 11) is 7.31. The maximum atomic E-state index is 10.6. The Hall–Kier alpha value is -7.44. The highest BCUT2D eigenvalue weighted by molar-refractivity contribution is 5.70. The molecule has 3 unspecified atom stereocenters. The summed E-state index contributed by atoms with van der Waals surface area (Å²) in [6.07, 6.45) is 25.3. The molecule has 6 nitrogen and oxygen atoms in total. The highest BCUT2D eigenvalue weighted by Crippen LogP contribution is 2.71. The number of hydrogen-bond acceptors (Lipinski definition) is 6. The molecule has 100 heavy (non-hydrogen) atoms. The highest BCUT2D eigenvalue weighted by Gasteiger charge is 2.64. The molecule has 0 amide bonds. The summed E-state index contributed by atoms with van der Waals surface area (Å²) in [5.74, 6) is 10.6. The molecule has 520 valence electrons. The van der Waals surface area contributed by atoms with Gasteiger partial charge >= 0.3 is 0 Å². The molecule has 8 aromatic carbocycles. The molecule has 11 atom stereocenters. The van der Waals surface area contributed by atoms with Crippen LogP contribution in [-0.2, 0) is 73.0 Å². The lowest BCUT2D eigenvalue weighted by atomic mass is 9.58. The smallest absolute Gasteiger partial charge is 0.128 e. The Bertz CT molecular complexity index is 4470. The van der Waals surface area contributed by atoms with Crippen molar-refractivity contribution in [1.29, 1.82) is 0 Å². The van der Waals surface area contributed by atoms with Crippen LogP contribution in [0.25, 0.3) is 0 Å². The fraction of sp³-hybridized carbons (Fsp3) is 0.489. The van der Waals surface area contributed by atoms with E-state index in [1.807, 2.05) is 45.6 Å². The van der Waals surface area contributed by atoms with Gasteiger partial charge in [0.2, 0.25) is 0 Å². The summed E-state index contributed by atoms with van der Waals surface area (Å²) in [5, 5.41) is 21.3. The number of benzene rings is 8. The third-order valence-electron chi connectivity index (χ3n) is 30.1. The molecule has 0 radical (unpaired) electrons. The first kappa shape index (κ1) is 65.8. The van der Waals surface area contributed by atoms with E-state index in [-0.39, 0.29) is 21.7 Å². The first-order valence-corrected chi connectivity index (χ1v) is 38.9. The van der Waals surface area contributed by atoms with Crippen LogP contribution in [0.15, 0.2) is 97.1 Å². The van der Waals surface area contributed by atoms with Gasteiger partial charge in [-0.3, -0.25) is 0 Å². The van der Waals surface area contributed by atoms with E-state index in [1.54, 1.807) is 62.7 Å². The van der Waals surface area contributed by atoms with Crippen molar-refractivity contribution < 1.29 is 29.2 Å². The van der Waals surface area contributed by atoms with Crippen LogP contribution in [0, 0.1) is 117 Å². The Balaban J connectivity index is 0.0000001000. The minimum Gasteiger partial charge on any atom is -0.508 e. The number of phenolic OH excluding ortho intramolecular Hbond substituents is 2. The second-order valence-electron chi connectivity index (χ2n) is 33.7. The van der Waals surface area contributed by atoms with E-state index in [1.165, 1.54) is 181 Å². The number of aromatic hydroxyl groups is 2. The minimum absolute atomic E-state index is 0.153. The van der Waals surface area contributed by atoms with Crippen molar-refractivity contribution in [1.82, 2.24) is 0 Å². The van der Waals surface area contributed by atoms with Crippen LogP contribution in [0.3, 0.4) is 0 Å². The number of aryl methyl sites for hydroxylation is 7. The summed E-state index contributed by atoms with van der Waals surface area (Å²) in [6, 6.07) is 35.1. The van der Waals surface area contributed by atoms with Crippen LogP contribution >= 0.6 is 0 Å². The molecule has 4 fully saturated rings. The second-order valence-corrected chi connectivity index (χ2v) is 33.7. The van der Waals surface area contributed by atoms with E-state index in [4.69, 9.17) is 18.9 Å². The Morgan fingerprint density at radius 2 is 0.630 bits per heavy atom. The van der Waals surface area contributed by atoms with E-state index in [0.717, 1.165) is 82.6 Å². The quantitative estimate of drug-likeness (QED) is 0.183. The van der Waals surface area contributed by atoms with Gasteiger partial charge in [-0.15, -0.1) is 0 Å². The fourth-order valence-corrected chi connectivity index (χ4v) is 26.3. The third-order valence-corrected chi connectivity index (χ3v) is 30.1. The predicted molar refractivity (Wildman–Crippen MR) is 405 cm³/mol. The van der Waals surface area contributed by atoms with Gasteiger partial charge in [-0.1, -0.05) is 92.4 Å². The lowest BCUT2D eigenvalue weighted by Gasteiger charge is -2.44. The molecule has 12 aliphatic carbocycles. The van der Waals surface area contributed by atoms with Gasteiger partial charge in [-0.25, -0.2) is 0 Å². The number of hydrogen-bond donors (Lipinski definition) is 2. The molecule has 6 heteroatoms. The molecular formula is C94H108O6. The summed E-state index contributed by atoms with van der Waals surface area (Å²) < 4.78 is 23.7. The van der Waals surface area contributed by atoms with E-state index in [0.29, 0.717) is 35.2 Å². The average molecular weight is 1330 g/mol. The molecule has 0 aliphatic heterocycles. The minimum atomic E-state index is -0.153. The van der Waals surface area contributed by atoms with Gasteiger partial charge in [-0.05, 0) is 366 Å². The van der Waals surface area contributed by atoms with Crippen molar-refractivity contribution in [3.05, 3.63) is 242 Å². The normalized spacial score (nSPS) is 28.9. The van der Waals surface area contributed by atoms with Gasteiger partial charge in [0.25, 0.3) is 0 Å². The Morgan fingerprint density at radius 1 is 0.290 bits per heavy atom. The Morgan fingerprint density at radius 3 is 1.04 bits per heavy atom. The molecule has 2 N–H and O–H groups in total. The molecule has 20 rings (SSSR count). The molecule has 8 aromatic rings. The van der Waals surface area contributed by atoms with E-state index < -0.39 is 0 Å². The zero-order valence-electron chi connectivity index (χ0n) is 62.5. The largest absolute Gasteiger partial charge is 0.508 e. The zero-order valence-corrected chi connectivity index (χ0v) is 62.5. The van der Waals surface area contributed by atoms with Gasteiger partial charge < -0.3 is 29.2 Å². The number of rotatable bonds is 4. The lowest BCUT2D eigenvalue weighted by Crippen LogP contribution is -2.41. The van der Waals surface area contributed by atoms with Crippen LogP contribution in [-0.4, -0.2) is 38.7 Å². The fourth-order valence-electron chi connectivity index (χ4n) is 26.3. The second kappa shape index (κ2) is 24.1. The lowest BCUT2D eigenvalue weighted by molar-refractivity contribution is 0.170. The van der Waals surface area contributed by atoms with Crippen molar-refractivity contribution >= 4 is 0 Å². The molecule has 4 saturated carbocycles. The molecule has 0 bridgehead atoms. The average Bonchev–Trinajstić information content (AvgIpc) is 1.55. The number of methoxy groups -OCH3 is 4. The topological polar surface area (TPSA) is 77.4 Å². The van der Waals surface area contributed by atoms with Gasteiger partial charge in [0.15, 0.2) is 0 Å². The highest BCUT2D eigenvalue weighted by atomic mass is 16.5. The van der Waals surface area contributed by atoms with Crippen LogP contribution in [0.2, 0.25) is 0 Å². The molecule has 12 aliphatic rings. The van der Waals surface area contributed by atoms with E-state index >= 15 is 0 Å². The first-order valence-electron chi connectivity index (χ1n) is 38.9. The predicted octanol–water partition coefficient (Wildman–Crippen LogP) is 20.5. The summed E-state index contributed by atoms with van der Waals surface area (Å²) >= 11 is 0. The van der Waals surface area contributed by atoms with Gasteiger partial charge in [-0.2, -0.15) is 0 Å².